The van der Waals surface area contributed by atoms with Gasteiger partial charge in [-0.1, -0.05) is 12.1 Å². The fourth-order valence-electron chi connectivity index (χ4n) is 1.36. The minimum atomic E-state index is -0.949. The Morgan fingerprint density at radius 2 is 2.07 bits per heavy atom. The molecule has 4 heteroatoms. The molecule has 0 unspecified atom stereocenters. The number of rotatable bonds is 2. The van der Waals surface area contributed by atoms with Gasteiger partial charge >= 0.3 is 5.97 Å². The van der Waals surface area contributed by atoms with Crippen LogP contribution in [0, 0.1) is 0 Å². The highest BCUT2D eigenvalue weighted by Gasteiger charge is 2.12. The molecule has 1 aromatic carbocycles. The van der Waals surface area contributed by atoms with Crippen molar-refractivity contribution < 1.29 is 15.0 Å². The summed E-state index contributed by atoms with van der Waals surface area (Å²) in [4.78, 5) is 10.9. The topological polar surface area (TPSA) is 57.5 Å². The molecule has 0 spiro atoms. The van der Waals surface area contributed by atoms with Crippen molar-refractivity contribution in [3.05, 3.63) is 40.6 Å². The number of hydrogen-bond donors (Lipinski definition) is 2. The molecule has 2 rings (SSSR count). The lowest BCUT2D eigenvalue weighted by atomic mass is 10.0. The van der Waals surface area contributed by atoms with Gasteiger partial charge in [0.1, 0.15) is 5.75 Å². The van der Waals surface area contributed by atoms with E-state index in [0.717, 1.165) is 0 Å². The molecule has 0 aliphatic rings. The first-order valence-corrected chi connectivity index (χ1v) is 5.21. The molecule has 15 heavy (non-hydrogen) atoms. The number of aromatic hydroxyl groups is 1. The zero-order valence-corrected chi connectivity index (χ0v) is 8.49. The Morgan fingerprint density at radius 1 is 1.27 bits per heavy atom. The van der Waals surface area contributed by atoms with Crippen LogP contribution in [0.5, 0.6) is 5.75 Å². The van der Waals surface area contributed by atoms with Gasteiger partial charge in [-0.2, -0.15) is 11.3 Å². The fraction of sp³-hybridized carbons (Fsp3) is 0. The molecule has 3 nitrogen and oxygen atoms in total. The van der Waals surface area contributed by atoms with Gasteiger partial charge in [0.15, 0.2) is 0 Å². The van der Waals surface area contributed by atoms with E-state index in [4.69, 9.17) is 5.11 Å². The monoisotopic (exact) mass is 220 g/mol. The molecule has 0 atom stereocenters. The third-order valence-electron chi connectivity index (χ3n) is 2.05. The van der Waals surface area contributed by atoms with Crippen LogP contribution in [0.1, 0.15) is 10.4 Å². The van der Waals surface area contributed by atoms with Crippen LogP contribution in [0.4, 0.5) is 0 Å². The van der Waals surface area contributed by atoms with E-state index in [0.29, 0.717) is 11.1 Å². The van der Waals surface area contributed by atoms with Crippen molar-refractivity contribution >= 4 is 17.3 Å². The number of phenols is 1. The maximum Gasteiger partial charge on any atom is 0.337 e. The first-order chi connectivity index (χ1) is 7.18. The Morgan fingerprint density at radius 3 is 2.73 bits per heavy atom. The van der Waals surface area contributed by atoms with E-state index < -0.39 is 5.97 Å². The van der Waals surface area contributed by atoms with E-state index in [9.17, 15) is 9.90 Å². The number of benzene rings is 1. The molecule has 1 aromatic heterocycles. The lowest BCUT2D eigenvalue weighted by Gasteiger charge is -2.00. The third kappa shape index (κ3) is 1.85. The van der Waals surface area contributed by atoms with Gasteiger partial charge in [0, 0.05) is 10.9 Å². The molecule has 2 N–H and O–H groups in total. The van der Waals surface area contributed by atoms with Crippen molar-refractivity contribution in [1.82, 2.24) is 0 Å². The minimum absolute atomic E-state index is 0.134. The molecule has 0 aliphatic heterocycles. The maximum atomic E-state index is 10.9. The Bertz CT molecular complexity index is 502. The first kappa shape index (κ1) is 9.73. The van der Waals surface area contributed by atoms with Gasteiger partial charge in [-0.25, -0.2) is 4.79 Å². The van der Waals surface area contributed by atoms with Crippen molar-refractivity contribution in [2.24, 2.45) is 0 Å². The van der Waals surface area contributed by atoms with Crippen molar-refractivity contribution in [2.45, 2.75) is 0 Å². The molecule has 0 saturated carbocycles. The van der Waals surface area contributed by atoms with Crippen LogP contribution in [-0.2, 0) is 0 Å². The average molecular weight is 220 g/mol. The summed E-state index contributed by atoms with van der Waals surface area (Å²) in [5.74, 6) is -0.815. The van der Waals surface area contributed by atoms with Crippen LogP contribution >= 0.6 is 11.3 Å². The predicted octanol–water partition coefficient (Wildman–Crippen LogP) is 2.82. The standard InChI is InChI=1S/C11H8O3S/c12-8-3-1-2-7(4-8)9-5-15-6-10(9)11(13)14/h1-6,12H,(H,13,14). The normalized spacial score (nSPS) is 10.1. The zero-order chi connectivity index (χ0) is 10.8. The van der Waals surface area contributed by atoms with E-state index in [1.165, 1.54) is 11.3 Å². The second-order valence-electron chi connectivity index (χ2n) is 3.05. The smallest absolute Gasteiger partial charge is 0.337 e. The summed E-state index contributed by atoms with van der Waals surface area (Å²) >= 11 is 1.33. The number of hydrogen-bond acceptors (Lipinski definition) is 3. The summed E-state index contributed by atoms with van der Waals surface area (Å²) in [7, 11) is 0. The summed E-state index contributed by atoms with van der Waals surface area (Å²) in [6.45, 7) is 0. The predicted molar refractivity (Wildman–Crippen MR) is 58.4 cm³/mol. The van der Waals surface area contributed by atoms with Crippen LogP contribution in [0.2, 0.25) is 0 Å². The van der Waals surface area contributed by atoms with E-state index in [-0.39, 0.29) is 11.3 Å². The van der Waals surface area contributed by atoms with Crippen LogP contribution in [0.3, 0.4) is 0 Å². The van der Waals surface area contributed by atoms with Crippen molar-refractivity contribution in [3.8, 4) is 16.9 Å². The van der Waals surface area contributed by atoms with E-state index in [1.54, 1.807) is 35.0 Å². The molecule has 0 fully saturated rings. The molecule has 76 valence electrons. The highest BCUT2D eigenvalue weighted by atomic mass is 32.1. The van der Waals surface area contributed by atoms with Crippen LogP contribution in [0.25, 0.3) is 11.1 Å². The summed E-state index contributed by atoms with van der Waals surface area (Å²) in [5.41, 5.74) is 1.63. The SMILES string of the molecule is O=C(O)c1cscc1-c1cccc(O)c1. The number of phenolic OH excluding ortho intramolecular Hbond substituents is 1. The second kappa shape index (κ2) is 3.74. The Labute approximate surface area is 90.2 Å². The Hall–Kier alpha value is -1.81. The quantitative estimate of drug-likeness (QED) is 0.818. The average Bonchev–Trinajstić information content (AvgIpc) is 2.65. The van der Waals surface area contributed by atoms with Gasteiger partial charge in [0.2, 0.25) is 0 Å². The number of carboxylic acid groups (broad SMARTS) is 1. The van der Waals surface area contributed by atoms with Crippen LogP contribution in [-0.4, -0.2) is 16.2 Å². The first-order valence-electron chi connectivity index (χ1n) is 4.27. The van der Waals surface area contributed by atoms with Crippen molar-refractivity contribution in [2.75, 3.05) is 0 Å². The molecule has 0 radical (unpaired) electrons. The zero-order valence-electron chi connectivity index (χ0n) is 7.68. The van der Waals surface area contributed by atoms with Crippen molar-refractivity contribution in [3.63, 3.8) is 0 Å². The number of thiophene rings is 1. The molecular weight excluding hydrogens is 212 g/mol. The van der Waals surface area contributed by atoms with Gasteiger partial charge in [0.05, 0.1) is 5.56 Å². The number of aromatic carboxylic acids is 1. The van der Waals surface area contributed by atoms with E-state index in [1.807, 2.05) is 0 Å². The van der Waals surface area contributed by atoms with E-state index >= 15 is 0 Å². The molecule has 1 heterocycles. The van der Waals surface area contributed by atoms with Crippen LogP contribution < -0.4 is 0 Å². The summed E-state index contributed by atoms with van der Waals surface area (Å²) in [6.07, 6.45) is 0. The lowest BCUT2D eigenvalue weighted by Crippen LogP contribution is -1.95. The van der Waals surface area contributed by atoms with Gasteiger partial charge in [0.25, 0.3) is 0 Å². The van der Waals surface area contributed by atoms with Gasteiger partial charge in [-0.15, -0.1) is 0 Å². The van der Waals surface area contributed by atoms with Crippen molar-refractivity contribution in [1.29, 1.82) is 0 Å². The summed E-state index contributed by atoms with van der Waals surface area (Å²) in [5, 5.41) is 21.6. The summed E-state index contributed by atoms with van der Waals surface area (Å²) in [6, 6.07) is 6.56. The fourth-order valence-corrected chi connectivity index (χ4v) is 2.19. The molecule has 2 aromatic rings. The molecule has 0 bridgehead atoms. The Kier molecular flexibility index (Phi) is 2.43. The van der Waals surface area contributed by atoms with E-state index in [2.05, 4.69) is 0 Å². The molecule has 0 saturated heterocycles. The largest absolute Gasteiger partial charge is 0.508 e. The highest BCUT2D eigenvalue weighted by Crippen LogP contribution is 2.29. The van der Waals surface area contributed by atoms with Gasteiger partial charge in [-0.05, 0) is 23.1 Å². The highest BCUT2D eigenvalue weighted by molar-refractivity contribution is 7.08. The second-order valence-corrected chi connectivity index (χ2v) is 3.80. The third-order valence-corrected chi connectivity index (χ3v) is 2.79. The number of carboxylic acids is 1. The lowest BCUT2D eigenvalue weighted by molar-refractivity contribution is 0.0698. The van der Waals surface area contributed by atoms with Gasteiger partial charge < -0.3 is 10.2 Å². The molecule has 0 aliphatic carbocycles. The summed E-state index contributed by atoms with van der Waals surface area (Å²) < 4.78 is 0. The van der Waals surface area contributed by atoms with Gasteiger partial charge in [-0.3, -0.25) is 0 Å². The van der Waals surface area contributed by atoms with Crippen LogP contribution in [0.15, 0.2) is 35.0 Å². The molecule has 0 amide bonds. The molecular formula is C11H8O3S. The number of carbonyl (C=O) groups is 1. The minimum Gasteiger partial charge on any atom is -0.508 e. The maximum absolute atomic E-state index is 10.9. The Balaban J connectivity index is 2.54.